The second-order valence-electron chi connectivity index (χ2n) is 3.89. The Morgan fingerprint density at radius 3 is 2.82 bits per heavy atom. The van der Waals surface area contributed by atoms with Gasteiger partial charge in [0.1, 0.15) is 0 Å². The highest BCUT2D eigenvalue weighted by atomic mass is 32.1. The quantitative estimate of drug-likeness (QED) is 0.862. The Hall–Kier alpha value is -1.69. The fourth-order valence-corrected chi connectivity index (χ4v) is 2.47. The Labute approximate surface area is 102 Å². The fraction of sp³-hybridized carbons (Fsp3) is 0.364. The molecule has 0 spiro atoms. The van der Waals surface area contributed by atoms with Gasteiger partial charge in [-0.3, -0.25) is 19.3 Å². The van der Waals surface area contributed by atoms with Gasteiger partial charge in [0.2, 0.25) is 11.8 Å². The third kappa shape index (κ3) is 2.52. The minimum atomic E-state index is -1.02. The molecule has 0 bridgehead atoms. The summed E-state index contributed by atoms with van der Waals surface area (Å²) in [6, 6.07) is 3.65. The van der Waals surface area contributed by atoms with Gasteiger partial charge in [-0.1, -0.05) is 6.07 Å². The van der Waals surface area contributed by atoms with Crippen LogP contribution >= 0.6 is 11.3 Å². The molecule has 90 valence electrons. The van der Waals surface area contributed by atoms with E-state index in [2.05, 4.69) is 0 Å². The largest absolute Gasteiger partial charge is 0.481 e. The highest BCUT2D eigenvalue weighted by Crippen LogP contribution is 2.20. The molecule has 2 heterocycles. The van der Waals surface area contributed by atoms with E-state index in [4.69, 9.17) is 5.11 Å². The van der Waals surface area contributed by atoms with E-state index in [0.717, 1.165) is 9.78 Å². The lowest BCUT2D eigenvalue weighted by Gasteiger charge is -2.13. The van der Waals surface area contributed by atoms with E-state index < -0.39 is 11.9 Å². The van der Waals surface area contributed by atoms with E-state index in [1.807, 2.05) is 17.5 Å². The summed E-state index contributed by atoms with van der Waals surface area (Å²) < 4.78 is 0. The highest BCUT2D eigenvalue weighted by Gasteiger charge is 2.37. The van der Waals surface area contributed by atoms with Crippen molar-refractivity contribution in [2.24, 2.45) is 5.92 Å². The van der Waals surface area contributed by atoms with Gasteiger partial charge in [0.15, 0.2) is 0 Å². The minimum absolute atomic E-state index is 0.00161. The summed E-state index contributed by atoms with van der Waals surface area (Å²) in [6.07, 6.45) is 0.0846. The monoisotopic (exact) mass is 253 g/mol. The summed E-state index contributed by atoms with van der Waals surface area (Å²) >= 11 is 1.44. The van der Waals surface area contributed by atoms with Crippen molar-refractivity contribution in [2.45, 2.75) is 12.8 Å². The number of carbonyl (C=O) groups excluding carboxylic acids is 2. The topological polar surface area (TPSA) is 74.7 Å². The zero-order valence-electron chi connectivity index (χ0n) is 8.96. The molecule has 1 aromatic heterocycles. The van der Waals surface area contributed by atoms with E-state index in [-0.39, 0.29) is 31.2 Å². The first kappa shape index (κ1) is 11.8. The van der Waals surface area contributed by atoms with Crippen molar-refractivity contribution in [3.8, 4) is 0 Å². The van der Waals surface area contributed by atoms with Gasteiger partial charge in [-0.2, -0.15) is 0 Å². The average molecular weight is 253 g/mol. The number of hydrogen-bond acceptors (Lipinski definition) is 4. The van der Waals surface area contributed by atoms with Crippen LogP contribution in [0, 0.1) is 5.92 Å². The second-order valence-corrected chi connectivity index (χ2v) is 4.93. The van der Waals surface area contributed by atoms with Gasteiger partial charge in [0, 0.05) is 17.8 Å². The van der Waals surface area contributed by atoms with Crippen LogP contribution in [0.25, 0.3) is 0 Å². The third-order valence-electron chi connectivity index (χ3n) is 2.68. The molecule has 2 rings (SSSR count). The number of carboxylic acid groups (broad SMARTS) is 1. The lowest BCUT2D eigenvalue weighted by molar-refractivity contribution is -0.141. The molecule has 0 aromatic carbocycles. The first-order valence-electron chi connectivity index (χ1n) is 5.16. The van der Waals surface area contributed by atoms with Crippen LogP contribution in [0.1, 0.15) is 11.3 Å². The van der Waals surface area contributed by atoms with Gasteiger partial charge in [0.05, 0.1) is 12.3 Å². The number of carboxylic acids is 1. The van der Waals surface area contributed by atoms with Gasteiger partial charge < -0.3 is 5.11 Å². The third-order valence-corrected chi connectivity index (χ3v) is 3.56. The molecule has 1 N–H and O–H groups in total. The Balaban J connectivity index is 2.01. The van der Waals surface area contributed by atoms with Crippen LogP contribution in [0.5, 0.6) is 0 Å². The zero-order chi connectivity index (χ0) is 12.4. The van der Waals surface area contributed by atoms with Gasteiger partial charge in [0.25, 0.3) is 0 Å². The summed E-state index contributed by atoms with van der Waals surface area (Å²) in [5, 5.41) is 10.7. The Morgan fingerprint density at radius 1 is 1.53 bits per heavy atom. The van der Waals surface area contributed by atoms with Gasteiger partial charge in [-0.25, -0.2) is 0 Å². The Kier molecular flexibility index (Phi) is 3.23. The van der Waals surface area contributed by atoms with E-state index in [9.17, 15) is 14.4 Å². The molecule has 0 saturated carbocycles. The molecule has 1 fully saturated rings. The fourth-order valence-electron chi connectivity index (χ4n) is 1.77. The van der Waals surface area contributed by atoms with E-state index in [1.54, 1.807) is 0 Å². The van der Waals surface area contributed by atoms with Crippen molar-refractivity contribution in [1.82, 2.24) is 4.90 Å². The summed E-state index contributed by atoms with van der Waals surface area (Å²) in [5.74, 6) is -2.49. The maximum absolute atomic E-state index is 11.8. The SMILES string of the molecule is O=C(O)C1CC(=O)N(C(=O)Cc2cccs2)C1. The maximum Gasteiger partial charge on any atom is 0.308 e. The van der Waals surface area contributed by atoms with Crippen LogP contribution in [-0.2, 0) is 20.8 Å². The molecule has 0 aliphatic carbocycles. The molecule has 1 aliphatic rings. The summed E-state index contributed by atoms with van der Waals surface area (Å²) in [5.41, 5.74) is 0. The first-order chi connectivity index (χ1) is 8.08. The molecule has 5 nitrogen and oxygen atoms in total. The summed E-state index contributed by atoms with van der Waals surface area (Å²) in [4.78, 5) is 36.0. The number of aliphatic carboxylic acids is 1. The van der Waals surface area contributed by atoms with Crippen LogP contribution in [0.2, 0.25) is 0 Å². The second kappa shape index (κ2) is 4.67. The predicted octanol–water partition coefficient (Wildman–Crippen LogP) is 0.750. The van der Waals surface area contributed by atoms with Crippen molar-refractivity contribution < 1.29 is 19.5 Å². The van der Waals surface area contributed by atoms with Gasteiger partial charge >= 0.3 is 5.97 Å². The van der Waals surface area contributed by atoms with Gasteiger partial charge in [-0.05, 0) is 11.4 Å². The number of likely N-dealkylation sites (tertiary alicyclic amines) is 1. The maximum atomic E-state index is 11.8. The van der Waals surface area contributed by atoms with Crippen molar-refractivity contribution in [3.63, 3.8) is 0 Å². The molecule has 1 aromatic rings. The van der Waals surface area contributed by atoms with Crippen LogP contribution in [-0.4, -0.2) is 34.3 Å². The van der Waals surface area contributed by atoms with Crippen molar-refractivity contribution in [3.05, 3.63) is 22.4 Å². The minimum Gasteiger partial charge on any atom is -0.481 e. The lowest BCUT2D eigenvalue weighted by atomic mass is 10.1. The van der Waals surface area contributed by atoms with E-state index >= 15 is 0 Å². The van der Waals surface area contributed by atoms with E-state index in [1.165, 1.54) is 11.3 Å². The van der Waals surface area contributed by atoms with Crippen LogP contribution < -0.4 is 0 Å². The molecule has 1 aliphatic heterocycles. The smallest absolute Gasteiger partial charge is 0.308 e. The van der Waals surface area contributed by atoms with Crippen molar-refractivity contribution >= 4 is 29.1 Å². The number of rotatable bonds is 3. The summed E-state index contributed by atoms with van der Waals surface area (Å²) in [7, 11) is 0. The molecular weight excluding hydrogens is 242 g/mol. The van der Waals surface area contributed by atoms with E-state index in [0.29, 0.717) is 0 Å². The molecular formula is C11H11NO4S. The molecule has 1 unspecified atom stereocenters. The van der Waals surface area contributed by atoms with Crippen molar-refractivity contribution in [2.75, 3.05) is 6.54 Å². The number of imide groups is 1. The molecule has 0 radical (unpaired) electrons. The standard InChI is InChI=1S/C11H11NO4S/c13-9-4-7(11(15)16)6-12(9)10(14)5-8-2-1-3-17-8/h1-3,7H,4-6H2,(H,15,16). The first-order valence-corrected chi connectivity index (χ1v) is 6.04. The number of carbonyl (C=O) groups is 3. The number of thiophene rings is 1. The number of amides is 2. The summed E-state index contributed by atoms with van der Waals surface area (Å²) in [6.45, 7) is -0.00161. The highest BCUT2D eigenvalue weighted by molar-refractivity contribution is 7.10. The van der Waals surface area contributed by atoms with Crippen LogP contribution in [0.3, 0.4) is 0 Å². The lowest BCUT2D eigenvalue weighted by Crippen LogP contribution is -2.34. The Bertz CT molecular complexity index is 454. The molecule has 6 heteroatoms. The predicted molar refractivity (Wildman–Crippen MR) is 60.5 cm³/mol. The molecule has 2 amide bonds. The van der Waals surface area contributed by atoms with Gasteiger partial charge in [-0.15, -0.1) is 11.3 Å². The molecule has 1 saturated heterocycles. The van der Waals surface area contributed by atoms with Crippen LogP contribution in [0.4, 0.5) is 0 Å². The normalized spacial score (nSPS) is 19.6. The molecule has 1 atom stereocenters. The van der Waals surface area contributed by atoms with Crippen LogP contribution in [0.15, 0.2) is 17.5 Å². The number of nitrogens with zero attached hydrogens (tertiary/aromatic N) is 1. The van der Waals surface area contributed by atoms with Crippen molar-refractivity contribution in [1.29, 1.82) is 0 Å². The number of hydrogen-bond donors (Lipinski definition) is 1. The average Bonchev–Trinajstić information content (AvgIpc) is 2.86. The molecule has 17 heavy (non-hydrogen) atoms. The Morgan fingerprint density at radius 2 is 2.29 bits per heavy atom. The zero-order valence-corrected chi connectivity index (χ0v) is 9.77.